The molecule has 1 aliphatic heterocycles. The largest absolute Gasteiger partial charge is 0.385 e. The Kier molecular flexibility index (Phi) is 3.55. The molecule has 0 spiro atoms. The van der Waals surface area contributed by atoms with Gasteiger partial charge in [-0.1, -0.05) is 42.0 Å². The third kappa shape index (κ3) is 2.60. The molecule has 0 bridgehead atoms. The van der Waals surface area contributed by atoms with E-state index in [4.69, 9.17) is 0 Å². The Hall–Kier alpha value is -2.09. The molecule has 3 rings (SSSR count). The maximum absolute atomic E-state index is 12.6. The van der Waals surface area contributed by atoms with E-state index in [9.17, 15) is 4.79 Å². The molecule has 0 amide bonds. The fourth-order valence-electron chi connectivity index (χ4n) is 2.87. The summed E-state index contributed by atoms with van der Waals surface area (Å²) in [6.07, 6.45) is 2.58. The van der Waals surface area contributed by atoms with Gasteiger partial charge in [0, 0.05) is 24.2 Å². The minimum absolute atomic E-state index is 0.219. The van der Waals surface area contributed by atoms with Crippen LogP contribution in [-0.2, 0) is 12.8 Å². The number of hydrogen-bond donors (Lipinski definition) is 1. The van der Waals surface area contributed by atoms with Crippen LogP contribution in [0.15, 0.2) is 42.5 Å². The van der Waals surface area contributed by atoms with E-state index in [1.807, 2.05) is 24.3 Å². The smallest absolute Gasteiger partial charge is 0.167 e. The molecular weight excluding hydrogens is 246 g/mol. The lowest BCUT2D eigenvalue weighted by atomic mass is 9.92. The zero-order valence-corrected chi connectivity index (χ0v) is 11.8. The van der Waals surface area contributed by atoms with Crippen LogP contribution in [0.5, 0.6) is 0 Å². The number of hydrogen-bond acceptors (Lipinski definition) is 2. The predicted molar refractivity (Wildman–Crippen MR) is 82.5 cm³/mol. The number of rotatable bonds is 3. The van der Waals surface area contributed by atoms with Crippen molar-refractivity contribution in [1.29, 1.82) is 0 Å². The summed E-state index contributed by atoms with van der Waals surface area (Å²) < 4.78 is 0. The first-order valence-corrected chi connectivity index (χ1v) is 7.18. The van der Waals surface area contributed by atoms with E-state index >= 15 is 0 Å². The molecule has 0 unspecified atom stereocenters. The van der Waals surface area contributed by atoms with Crippen molar-refractivity contribution in [3.63, 3.8) is 0 Å². The van der Waals surface area contributed by atoms with E-state index in [1.165, 1.54) is 11.1 Å². The molecule has 0 saturated heterocycles. The molecular formula is C18H19NO. The number of fused-ring (bicyclic) bond motifs is 1. The van der Waals surface area contributed by atoms with Gasteiger partial charge in [-0.05, 0) is 37.0 Å². The number of Topliss-reactive ketones (excluding diaryl/α,β-unsaturated/α-hetero) is 1. The lowest BCUT2D eigenvalue weighted by Crippen LogP contribution is -2.16. The Bertz CT molecular complexity index is 646. The Balaban J connectivity index is 1.88. The van der Waals surface area contributed by atoms with Crippen molar-refractivity contribution in [1.82, 2.24) is 0 Å². The van der Waals surface area contributed by atoms with Gasteiger partial charge in [-0.2, -0.15) is 0 Å². The molecule has 1 aliphatic rings. The summed E-state index contributed by atoms with van der Waals surface area (Å²) in [5, 5.41) is 3.38. The molecule has 20 heavy (non-hydrogen) atoms. The van der Waals surface area contributed by atoms with E-state index in [0.29, 0.717) is 6.42 Å². The number of benzene rings is 2. The van der Waals surface area contributed by atoms with Gasteiger partial charge in [-0.15, -0.1) is 0 Å². The molecule has 2 heteroatoms. The first-order valence-electron chi connectivity index (χ1n) is 7.18. The van der Waals surface area contributed by atoms with Gasteiger partial charge < -0.3 is 5.32 Å². The average Bonchev–Trinajstić information content (AvgIpc) is 2.46. The molecule has 2 aromatic carbocycles. The second kappa shape index (κ2) is 5.49. The number of anilines is 1. The second-order valence-corrected chi connectivity index (χ2v) is 5.45. The molecule has 2 aromatic rings. The van der Waals surface area contributed by atoms with Gasteiger partial charge in [-0.25, -0.2) is 0 Å². The average molecular weight is 265 g/mol. The molecule has 0 atom stereocenters. The Morgan fingerprint density at radius 1 is 1.20 bits per heavy atom. The zero-order valence-electron chi connectivity index (χ0n) is 11.8. The van der Waals surface area contributed by atoms with Gasteiger partial charge in [0.2, 0.25) is 0 Å². The normalized spacial score (nSPS) is 13.4. The van der Waals surface area contributed by atoms with Crippen LogP contribution < -0.4 is 5.32 Å². The minimum atomic E-state index is 0.219. The molecule has 1 heterocycles. The van der Waals surface area contributed by atoms with Crippen molar-refractivity contribution < 1.29 is 4.79 Å². The van der Waals surface area contributed by atoms with Crippen LogP contribution in [0.2, 0.25) is 0 Å². The Morgan fingerprint density at radius 3 is 2.90 bits per heavy atom. The van der Waals surface area contributed by atoms with Gasteiger partial charge in [0.05, 0.1) is 0 Å². The monoisotopic (exact) mass is 265 g/mol. The van der Waals surface area contributed by atoms with E-state index in [2.05, 4.69) is 30.4 Å². The molecule has 0 saturated carbocycles. The highest BCUT2D eigenvalue weighted by atomic mass is 16.1. The van der Waals surface area contributed by atoms with Crippen molar-refractivity contribution in [2.24, 2.45) is 0 Å². The van der Waals surface area contributed by atoms with E-state index in [0.717, 1.165) is 36.2 Å². The van der Waals surface area contributed by atoms with Crippen LogP contribution in [-0.4, -0.2) is 12.3 Å². The van der Waals surface area contributed by atoms with Crippen molar-refractivity contribution in [2.45, 2.75) is 26.2 Å². The highest BCUT2D eigenvalue weighted by Gasteiger charge is 2.17. The number of nitrogens with one attached hydrogen (secondary N) is 1. The van der Waals surface area contributed by atoms with Gasteiger partial charge >= 0.3 is 0 Å². The van der Waals surface area contributed by atoms with Gasteiger partial charge in [0.15, 0.2) is 5.78 Å². The molecule has 0 aromatic heterocycles. The summed E-state index contributed by atoms with van der Waals surface area (Å²) in [5.41, 5.74) is 5.50. The number of carbonyl (C=O) groups excluding carboxylic acids is 1. The maximum Gasteiger partial charge on any atom is 0.167 e. The Labute approximate surface area is 119 Å². The molecule has 0 radical (unpaired) electrons. The molecule has 2 nitrogen and oxygen atoms in total. The van der Waals surface area contributed by atoms with E-state index in [-0.39, 0.29) is 5.78 Å². The van der Waals surface area contributed by atoms with Crippen molar-refractivity contribution in [2.75, 3.05) is 11.9 Å². The lowest BCUT2D eigenvalue weighted by Gasteiger charge is -2.20. The second-order valence-electron chi connectivity index (χ2n) is 5.45. The third-order valence-corrected chi connectivity index (χ3v) is 3.84. The van der Waals surface area contributed by atoms with Gasteiger partial charge in [0.1, 0.15) is 0 Å². The van der Waals surface area contributed by atoms with Crippen LogP contribution >= 0.6 is 0 Å². The zero-order chi connectivity index (χ0) is 13.9. The first-order chi connectivity index (χ1) is 9.74. The molecule has 0 aliphatic carbocycles. The van der Waals surface area contributed by atoms with Crippen molar-refractivity contribution >= 4 is 11.5 Å². The van der Waals surface area contributed by atoms with Crippen LogP contribution in [0.25, 0.3) is 0 Å². The summed E-state index contributed by atoms with van der Waals surface area (Å²) in [6.45, 7) is 3.06. The maximum atomic E-state index is 12.6. The number of ketones is 1. The van der Waals surface area contributed by atoms with E-state index in [1.54, 1.807) is 0 Å². The van der Waals surface area contributed by atoms with E-state index < -0.39 is 0 Å². The van der Waals surface area contributed by atoms with Crippen molar-refractivity contribution in [3.05, 3.63) is 64.7 Å². The third-order valence-electron chi connectivity index (χ3n) is 3.84. The quantitative estimate of drug-likeness (QED) is 0.856. The minimum Gasteiger partial charge on any atom is -0.385 e. The fourth-order valence-corrected chi connectivity index (χ4v) is 2.87. The summed E-state index contributed by atoms with van der Waals surface area (Å²) in [7, 11) is 0. The summed E-state index contributed by atoms with van der Waals surface area (Å²) in [4.78, 5) is 12.6. The Morgan fingerprint density at radius 2 is 2.05 bits per heavy atom. The fraction of sp³-hybridized carbons (Fsp3) is 0.278. The number of aryl methyl sites for hydroxylation is 1. The van der Waals surface area contributed by atoms with Crippen LogP contribution in [0.3, 0.4) is 0 Å². The number of carbonyl (C=O) groups is 1. The van der Waals surface area contributed by atoms with Crippen molar-refractivity contribution in [3.8, 4) is 0 Å². The van der Waals surface area contributed by atoms with Gasteiger partial charge in [-0.3, -0.25) is 4.79 Å². The van der Waals surface area contributed by atoms with Crippen LogP contribution in [0.1, 0.15) is 33.5 Å². The topological polar surface area (TPSA) is 29.1 Å². The lowest BCUT2D eigenvalue weighted by molar-refractivity contribution is 0.0992. The standard InChI is InChI=1S/C18H19NO/c1-13-5-2-6-14(11-13)12-18(20)16-7-3-9-17-15(16)8-4-10-19-17/h2-3,5-7,9,11,19H,4,8,10,12H2,1H3. The molecule has 0 fully saturated rings. The molecule has 102 valence electrons. The summed E-state index contributed by atoms with van der Waals surface area (Å²) in [5.74, 6) is 0.219. The van der Waals surface area contributed by atoms with Gasteiger partial charge in [0.25, 0.3) is 0 Å². The first kappa shape index (κ1) is 12.9. The molecule has 1 N–H and O–H groups in total. The predicted octanol–water partition coefficient (Wildman–Crippen LogP) is 3.78. The van der Waals surface area contributed by atoms with Crippen LogP contribution in [0.4, 0.5) is 5.69 Å². The SMILES string of the molecule is Cc1cccc(CC(=O)c2cccc3c2CCCN3)c1. The summed E-state index contributed by atoms with van der Waals surface area (Å²) in [6, 6.07) is 14.2. The highest BCUT2D eigenvalue weighted by Crippen LogP contribution is 2.26. The summed E-state index contributed by atoms with van der Waals surface area (Å²) >= 11 is 0. The highest BCUT2D eigenvalue weighted by molar-refractivity contribution is 6.00. The van der Waals surface area contributed by atoms with Crippen LogP contribution in [0, 0.1) is 6.92 Å².